The zero-order valence-corrected chi connectivity index (χ0v) is 14.5. The lowest BCUT2D eigenvalue weighted by atomic mass is 10.2. The second-order valence-electron chi connectivity index (χ2n) is 4.89. The molecule has 0 aliphatic carbocycles. The Morgan fingerprint density at radius 2 is 1.91 bits per heavy atom. The van der Waals surface area contributed by atoms with Gasteiger partial charge in [-0.15, -0.1) is 0 Å². The molecule has 0 aliphatic heterocycles. The zero-order chi connectivity index (χ0) is 17.2. The van der Waals surface area contributed by atoms with Crippen molar-refractivity contribution in [2.45, 2.75) is 18.4 Å². The van der Waals surface area contributed by atoms with E-state index >= 15 is 0 Å². The van der Waals surface area contributed by atoms with Crippen LogP contribution in [-0.2, 0) is 16.6 Å². The fourth-order valence-corrected chi connectivity index (χ4v) is 4.54. The molecular weight excluding hydrogens is 340 g/mol. The molecule has 0 fully saturated rings. The van der Waals surface area contributed by atoms with Gasteiger partial charge in [0.25, 0.3) is 10.0 Å². The van der Waals surface area contributed by atoms with E-state index in [1.807, 2.05) is 0 Å². The minimum atomic E-state index is -3.94. The number of nitro groups is 1. The van der Waals surface area contributed by atoms with Crippen LogP contribution < -0.4 is 4.74 Å². The summed E-state index contributed by atoms with van der Waals surface area (Å²) in [4.78, 5) is 10.7. The Bertz CT molecular complexity index is 812. The second kappa shape index (κ2) is 6.65. The summed E-state index contributed by atoms with van der Waals surface area (Å²) in [6.07, 6.45) is 0. The van der Waals surface area contributed by atoms with Gasteiger partial charge in [-0.2, -0.15) is 4.31 Å². The monoisotopic (exact) mass is 356 g/mol. The molecule has 0 radical (unpaired) electrons. The molecule has 0 saturated carbocycles. The van der Waals surface area contributed by atoms with Gasteiger partial charge < -0.3 is 4.74 Å². The average molecular weight is 356 g/mol. The number of methoxy groups -OCH3 is 1. The third-order valence-corrected chi connectivity index (χ3v) is 6.17. The molecule has 0 spiro atoms. The van der Waals surface area contributed by atoms with Gasteiger partial charge in [0, 0.05) is 18.5 Å². The Labute approximate surface area is 138 Å². The summed E-state index contributed by atoms with van der Waals surface area (Å²) < 4.78 is 31.4. The number of benzene rings is 1. The lowest BCUT2D eigenvalue weighted by molar-refractivity contribution is -0.383. The van der Waals surface area contributed by atoms with Crippen molar-refractivity contribution in [2.24, 2.45) is 0 Å². The third kappa shape index (κ3) is 3.69. The van der Waals surface area contributed by atoms with E-state index in [1.165, 1.54) is 13.1 Å². The molecule has 0 unspecified atom stereocenters. The molecule has 2 aromatic rings. The zero-order valence-electron chi connectivity index (χ0n) is 12.8. The van der Waals surface area contributed by atoms with Crippen LogP contribution in [0.4, 0.5) is 5.00 Å². The van der Waals surface area contributed by atoms with E-state index in [4.69, 9.17) is 4.74 Å². The van der Waals surface area contributed by atoms with Crippen LogP contribution in [0.3, 0.4) is 0 Å². The number of ether oxygens (including phenoxy) is 1. The molecule has 23 heavy (non-hydrogen) atoms. The number of rotatable bonds is 6. The van der Waals surface area contributed by atoms with Gasteiger partial charge in [0.2, 0.25) is 0 Å². The van der Waals surface area contributed by atoms with Crippen LogP contribution in [0, 0.1) is 17.0 Å². The van der Waals surface area contributed by atoms with Crippen molar-refractivity contribution in [1.82, 2.24) is 4.31 Å². The van der Waals surface area contributed by atoms with Crippen molar-refractivity contribution in [2.75, 3.05) is 14.2 Å². The summed E-state index contributed by atoms with van der Waals surface area (Å²) in [6, 6.07) is 8.29. The molecule has 0 amide bonds. The van der Waals surface area contributed by atoms with E-state index < -0.39 is 14.9 Å². The van der Waals surface area contributed by atoms with Crippen LogP contribution >= 0.6 is 11.3 Å². The summed E-state index contributed by atoms with van der Waals surface area (Å²) in [6.45, 7) is 1.75. The summed E-state index contributed by atoms with van der Waals surface area (Å²) >= 11 is 0.857. The van der Waals surface area contributed by atoms with E-state index in [-0.39, 0.29) is 16.4 Å². The minimum absolute atomic E-state index is 0.110. The van der Waals surface area contributed by atoms with Crippen molar-refractivity contribution in [3.63, 3.8) is 0 Å². The maximum absolute atomic E-state index is 12.6. The quantitative estimate of drug-likeness (QED) is 0.586. The van der Waals surface area contributed by atoms with Crippen LogP contribution in [0.5, 0.6) is 5.75 Å². The van der Waals surface area contributed by atoms with Crippen LogP contribution in [0.1, 0.15) is 10.4 Å². The summed E-state index contributed by atoms with van der Waals surface area (Å²) in [5, 5.41) is 10.7. The molecular formula is C14H16N2O5S2. The van der Waals surface area contributed by atoms with E-state index in [1.54, 1.807) is 38.3 Å². The van der Waals surface area contributed by atoms with E-state index in [2.05, 4.69) is 0 Å². The van der Waals surface area contributed by atoms with Gasteiger partial charge in [-0.05, 0) is 30.7 Å². The Kier molecular flexibility index (Phi) is 5.03. The lowest BCUT2D eigenvalue weighted by Crippen LogP contribution is -2.26. The number of hydrogen-bond donors (Lipinski definition) is 0. The van der Waals surface area contributed by atoms with Crippen molar-refractivity contribution in [1.29, 1.82) is 0 Å². The number of hydrogen-bond acceptors (Lipinski definition) is 6. The molecule has 1 heterocycles. The fourth-order valence-electron chi connectivity index (χ4n) is 2.03. The van der Waals surface area contributed by atoms with E-state index in [9.17, 15) is 18.5 Å². The van der Waals surface area contributed by atoms with Crippen LogP contribution in [0.25, 0.3) is 0 Å². The number of aryl methyl sites for hydroxylation is 1. The van der Waals surface area contributed by atoms with Gasteiger partial charge in [-0.1, -0.05) is 23.5 Å². The van der Waals surface area contributed by atoms with Gasteiger partial charge >= 0.3 is 5.00 Å². The SMILES string of the molecule is COc1ccc(CN(C)S(=O)(=O)c2cc(C)sc2[N+](=O)[O-])cc1. The number of sulfonamides is 1. The lowest BCUT2D eigenvalue weighted by Gasteiger charge is -2.16. The average Bonchev–Trinajstić information content (AvgIpc) is 2.91. The summed E-state index contributed by atoms with van der Waals surface area (Å²) in [5.41, 5.74) is 0.756. The Balaban J connectivity index is 2.29. The first-order chi connectivity index (χ1) is 10.8. The molecule has 0 saturated heterocycles. The van der Waals surface area contributed by atoms with E-state index in [0.717, 1.165) is 21.2 Å². The highest BCUT2D eigenvalue weighted by Gasteiger charge is 2.32. The molecule has 7 nitrogen and oxygen atoms in total. The molecule has 0 aliphatic rings. The molecule has 2 rings (SSSR count). The van der Waals surface area contributed by atoms with Gasteiger partial charge in [-0.25, -0.2) is 8.42 Å². The first-order valence-electron chi connectivity index (χ1n) is 6.60. The largest absolute Gasteiger partial charge is 0.497 e. The molecule has 124 valence electrons. The molecule has 9 heteroatoms. The molecule has 0 atom stereocenters. The highest BCUT2D eigenvalue weighted by atomic mass is 32.2. The topological polar surface area (TPSA) is 89.8 Å². The Hall–Kier alpha value is -1.97. The number of nitrogens with zero attached hydrogens (tertiary/aromatic N) is 2. The van der Waals surface area contributed by atoms with Crippen LogP contribution in [0.2, 0.25) is 0 Å². The van der Waals surface area contributed by atoms with Crippen molar-refractivity contribution in [3.8, 4) is 5.75 Å². The highest BCUT2D eigenvalue weighted by Crippen LogP contribution is 2.35. The Morgan fingerprint density at radius 1 is 1.30 bits per heavy atom. The molecule has 1 aromatic heterocycles. The normalized spacial score (nSPS) is 11.7. The smallest absolute Gasteiger partial charge is 0.344 e. The summed E-state index contributed by atoms with van der Waals surface area (Å²) in [7, 11) is -0.993. The predicted octanol–water partition coefficient (Wildman–Crippen LogP) is 2.79. The van der Waals surface area contributed by atoms with Crippen molar-refractivity contribution in [3.05, 3.63) is 50.9 Å². The first-order valence-corrected chi connectivity index (χ1v) is 8.85. The predicted molar refractivity (Wildman–Crippen MR) is 87.4 cm³/mol. The molecule has 0 N–H and O–H groups in total. The first kappa shape index (κ1) is 17.4. The Morgan fingerprint density at radius 3 is 2.43 bits per heavy atom. The highest BCUT2D eigenvalue weighted by molar-refractivity contribution is 7.89. The van der Waals surface area contributed by atoms with Crippen molar-refractivity contribution < 1.29 is 18.1 Å². The standard InChI is InChI=1S/C14H16N2O5S2/c1-10-8-13(14(22-10)16(17)18)23(19,20)15(2)9-11-4-6-12(21-3)7-5-11/h4-8H,9H2,1-3H3. The van der Waals surface area contributed by atoms with Crippen LogP contribution in [-0.4, -0.2) is 31.8 Å². The number of thiophene rings is 1. The molecule has 0 bridgehead atoms. The van der Waals surface area contributed by atoms with Crippen molar-refractivity contribution >= 4 is 26.4 Å². The molecule has 1 aromatic carbocycles. The van der Waals surface area contributed by atoms with Crippen LogP contribution in [0.15, 0.2) is 35.2 Å². The van der Waals surface area contributed by atoms with Gasteiger partial charge in [0.15, 0.2) is 4.90 Å². The van der Waals surface area contributed by atoms with Gasteiger partial charge in [0.1, 0.15) is 5.75 Å². The van der Waals surface area contributed by atoms with Gasteiger partial charge in [0.05, 0.1) is 12.0 Å². The second-order valence-corrected chi connectivity index (χ2v) is 8.14. The van der Waals surface area contributed by atoms with E-state index in [0.29, 0.717) is 10.6 Å². The third-order valence-electron chi connectivity index (χ3n) is 3.22. The van der Waals surface area contributed by atoms with Gasteiger partial charge in [-0.3, -0.25) is 10.1 Å². The fraction of sp³-hybridized carbons (Fsp3) is 0.286. The minimum Gasteiger partial charge on any atom is -0.497 e. The maximum atomic E-state index is 12.6. The maximum Gasteiger partial charge on any atom is 0.344 e. The summed E-state index contributed by atoms with van der Waals surface area (Å²) in [5.74, 6) is 0.670.